The van der Waals surface area contributed by atoms with Crippen molar-refractivity contribution in [3.8, 4) is 11.5 Å². The first kappa shape index (κ1) is 21.0. The van der Waals surface area contributed by atoms with E-state index in [0.717, 1.165) is 46.1 Å². The fourth-order valence-corrected chi connectivity index (χ4v) is 4.02. The van der Waals surface area contributed by atoms with Crippen molar-refractivity contribution in [1.29, 1.82) is 0 Å². The topological polar surface area (TPSA) is 54.0 Å². The molecule has 0 aliphatic heterocycles. The average molecular weight is 474 g/mol. The zero-order valence-corrected chi connectivity index (χ0v) is 17.7. The number of unbranched alkanes of at least 4 members (excludes halogenated alkanes) is 3. The minimum Gasteiger partial charge on any atom is -0.496 e. The largest absolute Gasteiger partial charge is 0.496 e. The molecule has 0 bridgehead atoms. The van der Waals surface area contributed by atoms with Crippen molar-refractivity contribution in [2.75, 3.05) is 34.1 Å². The smallest absolute Gasteiger partial charge is 0.330 e. The SMILES string of the molecule is COc1cc(Br)c(OCCCCCCP(=O)(OC)OC)cc1Br. The second-order valence-electron chi connectivity index (χ2n) is 4.88. The molecule has 0 aromatic heterocycles. The Labute approximate surface area is 154 Å². The molecule has 0 atom stereocenters. The summed E-state index contributed by atoms with van der Waals surface area (Å²) in [6, 6.07) is 3.75. The highest BCUT2D eigenvalue weighted by Crippen LogP contribution is 2.47. The Kier molecular flexibility index (Phi) is 9.78. The molecule has 0 aliphatic rings. The highest BCUT2D eigenvalue weighted by atomic mass is 79.9. The molecule has 0 saturated carbocycles. The lowest BCUT2D eigenvalue weighted by atomic mass is 10.2. The Hall–Kier alpha value is -0.0700. The minimum atomic E-state index is -2.86. The van der Waals surface area contributed by atoms with Crippen LogP contribution in [0.1, 0.15) is 25.7 Å². The molecule has 0 saturated heterocycles. The standard InChI is InChI=1S/C15H23Br2O5P/c1-19-14-10-13(17)15(11-12(14)16)22-8-6-4-5-7-9-23(18,20-2)21-3/h10-11H,4-9H2,1-3H3. The summed E-state index contributed by atoms with van der Waals surface area (Å²) in [7, 11) is 1.60. The maximum absolute atomic E-state index is 11.9. The Morgan fingerprint density at radius 3 is 2.09 bits per heavy atom. The Bertz CT molecular complexity index is 531. The third-order valence-corrected chi connectivity index (χ3v) is 6.56. The first-order valence-corrected chi connectivity index (χ1v) is 10.6. The Morgan fingerprint density at radius 1 is 0.913 bits per heavy atom. The Balaban J connectivity index is 2.26. The summed E-state index contributed by atoms with van der Waals surface area (Å²) >= 11 is 6.91. The van der Waals surface area contributed by atoms with Crippen LogP contribution >= 0.6 is 39.5 Å². The number of benzene rings is 1. The van der Waals surface area contributed by atoms with E-state index in [0.29, 0.717) is 12.8 Å². The van der Waals surface area contributed by atoms with Crippen LogP contribution in [0.25, 0.3) is 0 Å². The third-order valence-electron chi connectivity index (χ3n) is 3.35. The van der Waals surface area contributed by atoms with Gasteiger partial charge in [0.2, 0.25) is 0 Å². The first-order valence-electron chi connectivity index (χ1n) is 7.32. The van der Waals surface area contributed by atoms with Crippen LogP contribution in [0.3, 0.4) is 0 Å². The van der Waals surface area contributed by atoms with E-state index in [9.17, 15) is 4.57 Å². The highest BCUT2D eigenvalue weighted by molar-refractivity contribution is 9.11. The van der Waals surface area contributed by atoms with Gasteiger partial charge in [-0.25, -0.2) is 0 Å². The van der Waals surface area contributed by atoms with E-state index >= 15 is 0 Å². The van der Waals surface area contributed by atoms with E-state index < -0.39 is 7.60 Å². The fraction of sp³-hybridized carbons (Fsp3) is 0.600. The van der Waals surface area contributed by atoms with Gasteiger partial charge in [-0.1, -0.05) is 12.8 Å². The van der Waals surface area contributed by atoms with Crippen molar-refractivity contribution < 1.29 is 23.1 Å². The van der Waals surface area contributed by atoms with Gasteiger partial charge in [-0.3, -0.25) is 4.57 Å². The summed E-state index contributed by atoms with van der Waals surface area (Å²) in [5, 5.41) is 0. The number of ether oxygens (including phenoxy) is 2. The summed E-state index contributed by atoms with van der Waals surface area (Å²) in [5.41, 5.74) is 0. The first-order chi connectivity index (χ1) is 11.0. The lowest BCUT2D eigenvalue weighted by Crippen LogP contribution is -1.99. The van der Waals surface area contributed by atoms with Crippen LogP contribution in [0, 0.1) is 0 Å². The minimum absolute atomic E-state index is 0.456. The van der Waals surface area contributed by atoms with Crippen LogP contribution in [0.4, 0.5) is 0 Å². The van der Waals surface area contributed by atoms with Gasteiger partial charge in [0.25, 0.3) is 0 Å². The predicted octanol–water partition coefficient (Wildman–Crippen LogP) is 5.65. The second kappa shape index (κ2) is 10.7. The maximum Gasteiger partial charge on any atom is 0.330 e. The predicted molar refractivity (Wildman–Crippen MR) is 98.8 cm³/mol. The quantitative estimate of drug-likeness (QED) is 0.307. The van der Waals surface area contributed by atoms with Gasteiger partial charge < -0.3 is 18.5 Å². The summed E-state index contributed by atoms with van der Waals surface area (Å²) < 4.78 is 34.4. The molecule has 0 heterocycles. The van der Waals surface area contributed by atoms with Crippen LogP contribution < -0.4 is 9.47 Å². The van der Waals surface area contributed by atoms with Gasteiger partial charge in [0.05, 0.1) is 28.8 Å². The van der Waals surface area contributed by atoms with Gasteiger partial charge in [-0.15, -0.1) is 0 Å². The molecule has 0 amide bonds. The average Bonchev–Trinajstić information content (AvgIpc) is 2.56. The number of hydrogen-bond acceptors (Lipinski definition) is 5. The van der Waals surface area contributed by atoms with Crippen molar-refractivity contribution >= 4 is 39.5 Å². The molecule has 1 aromatic carbocycles. The molecular formula is C15H23Br2O5P. The van der Waals surface area contributed by atoms with E-state index in [-0.39, 0.29) is 0 Å². The van der Waals surface area contributed by atoms with Gasteiger partial charge in [0.1, 0.15) is 11.5 Å². The number of hydrogen-bond donors (Lipinski definition) is 0. The summed E-state index contributed by atoms with van der Waals surface area (Å²) in [4.78, 5) is 0. The second-order valence-corrected chi connectivity index (χ2v) is 8.99. The van der Waals surface area contributed by atoms with Crippen LogP contribution in [0.15, 0.2) is 21.1 Å². The number of methoxy groups -OCH3 is 1. The van der Waals surface area contributed by atoms with E-state index in [2.05, 4.69) is 31.9 Å². The molecule has 0 aliphatic carbocycles. The third kappa shape index (κ3) is 7.14. The van der Waals surface area contributed by atoms with Crippen LogP contribution in [-0.4, -0.2) is 34.1 Å². The fourth-order valence-electron chi connectivity index (χ4n) is 1.98. The van der Waals surface area contributed by atoms with E-state index in [1.807, 2.05) is 12.1 Å². The van der Waals surface area contributed by atoms with Gasteiger partial charge in [0, 0.05) is 14.2 Å². The molecule has 8 heteroatoms. The van der Waals surface area contributed by atoms with Crippen LogP contribution in [0.2, 0.25) is 0 Å². The molecule has 1 aromatic rings. The van der Waals surface area contributed by atoms with Crippen molar-refractivity contribution in [3.05, 3.63) is 21.1 Å². The lowest BCUT2D eigenvalue weighted by molar-refractivity contribution is 0.274. The van der Waals surface area contributed by atoms with Crippen LogP contribution in [-0.2, 0) is 13.6 Å². The van der Waals surface area contributed by atoms with E-state index in [4.69, 9.17) is 18.5 Å². The molecule has 0 spiro atoms. The van der Waals surface area contributed by atoms with Crippen molar-refractivity contribution in [2.45, 2.75) is 25.7 Å². The zero-order chi connectivity index (χ0) is 17.3. The summed E-state index contributed by atoms with van der Waals surface area (Å²) in [6.07, 6.45) is 4.17. The molecule has 132 valence electrons. The molecule has 0 fully saturated rings. The van der Waals surface area contributed by atoms with E-state index in [1.165, 1.54) is 14.2 Å². The zero-order valence-electron chi connectivity index (χ0n) is 13.6. The monoisotopic (exact) mass is 472 g/mol. The molecule has 0 radical (unpaired) electrons. The van der Waals surface area contributed by atoms with Gasteiger partial charge in [-0.05, 0) is 56.8 Å². The highest BCUT2D eigenvalue weighted by Gasteiger charge is 2.19. The number of rotatable bonds is 11. The molecular weight excluding hydrogens is 451 g/mol. The molecule has 0 N–H and O–H groups in total. The van der Waals surface area contributed by atoms with Crippen molar-refractivity contribution in [1.82, 2.24) is 0 Å². The lowest BCUT2D eigenvalue weighted by Gasteiger charge is -2.13. The summed E-state index contributed by atoms with van der Waals surface area (Å²) in [5.74, 6) is 1.53. The van der Waals surface area contributed by atoms with Gasteiger partial charge >= 0.3 is 7.60 Å². The number of halogens is 2. The molecule has 5 nitrogen and oxygen atoms in total. The maximum atomic E-state index is 11.9. The van der Waals surface area contributed by atoms with Gasteiger partial charge in [0.15, 0.2) is 0 Å². The van der Waals surface area contributed by atoms with Crippen molar-refractivity contribution in [2.24, 2.45) is 0 Å². The van der Waals surface area contributed by atoms with E-state index in [1.54, 1.807) is 7.11 Å². The molecule has 0 unspecified atom stereocenters. The normalized spacial score (nSPS) is 11.5. The summed E-state index contributed by atoms with van der Waals surface area (Å²) in [6.45, 7) is 0.629. The van der Waals surface area contributed by atoms with Crippen molar-refractivity contribution in [3.63, 3.8) is 0 Å². The van der Waals surface area contributed by atoms with Gasteiger partial charge in [-0.2, -0.15) is 0 Å². The van der Waals surface area contributed by atoms with Crippen LogP contribution in [0.5, 0.6) is 11.5 Å². The molecule has 1 rings (SSSR count). The Morgan fingerprint density at radius 2 is 1.48 bits per heavy atom. The molecule has 23 heavy (non-hydrogen) atoms.